The van der Waals surface area contributed by atoms with E-state index in [1.54, 1.807) is 7.11 Å². The Kier molecular flexibility index (Phi) is 4.87. The topological polar surface area (TPSA) is 60.2 Å². The number of hydrogen-bond acceptors (Lipinski definition) is 5. The molecule has 1 atom stereocenters. The Morgan fingerprint density at radius 3 is 2.39 bits per heavy atom. The Morgan fingerprint density at radius 2 is 1.89 bits per heavy atom. The first-order chi connectivity index (χ1) is 8.30. The summed E-state index contributed by atoms with van der Waals surface area (Å²) in [6.45, 7) is 11.2. The highest BCUT2D eigenvalue weighted by Gasteiger charge is 2.30. The summed E-state index contributed by atoms with van der Waals surface area (Å²) in [6.07, 6.45) is 1.53. The fourth-order valence-electron chi connectivity index (χ4n) is 1.50. The van der Waals surface area contributed by atoms with Crippen molar-refractivity contribution < 1.29 is 9.15 Å². The third kappa shape index (κ3) is 4.07. The van der Waals surface area contributed by atoms with Gasteiger partial charge in [-0.3, -0.25) is 0 Å². The summed E-state index contributed by atoms with van der Waals surface area (Å²) < 4.78 is 11.1. The van der Waals surface area contributed by atoms with Gasteiger partial charge in [-0.1, -0.05) is 6.92 Å². The van der Waals surface area contributed by atoms with E-state index < -0.39 is 5.60 Å². The number of rotatable bonds is 6. The maximum atomic E-state index is 5.66. The van der Waals surface area contributed by atoms with Crippen molar-refractivity contribution in [3.8, 4) is 0 Å². The van der Waals surface area contributed by atoms with Gasteiger partial charge < -0.3 is 14.5 Å². The quantitative estimate of drug-likeness (QED) is 0.845. The first-order valence-electron chi connectivity index (χ1n) is 6.44. The molecular weight excluding hydrogens is 230 g/mol. The third-order valence-electron chi connectivity index (χ3n) is 3.04. The Bertz CT molecular complexity index is 365. The molecule has 0 aromatic carbocycles. The van der Waals surface area contributed by atoms with Crippen LogP contribution in [0.2, 0.25) is 0 Å². The van der Waals surface area contributed by atoms with Crippen LogP contribution in [0.5, 0.6) is 0 Å². The van der Waals surface area contributed by atoms with Gasteiger partial charge in [-0.05, 0) is 34.1 Å². The van der Waals surface area contributed by atoms with Crippen LogP contribution in [0.3, 0.4) is 0 Å². The summed E-state index contributed by atoms with van der Waals surface area (Å²) in [5, 5.41) is 11.5. The fourth-order valence-corrected chi connectivity index (χ4v) is 1.50. The number of methoxy groups -OCH3 is 1. The lowest BCUT2D eigenvalue weighted by Gasteiger charge is -2.21. The standard InChI is InChI=1S/C13H25N3O2/c1-7-13(5,17-6)11-16-15-10(18-11)8-9-14-12(2,3)4/h14H,7-9H2,1-6H3. The Hall–Kier alpha value is -0.940. The number of nitrogens with one attached hydrogen (secondary N) is 1. The Morgan fingerprint density at radius 1 is 1.22 bits per heavy atom. The summed E-state index contributed by atoms with van der Waals surface area (Å²) in [6, 6.07) is 0. The maximum absolute atomic E-state index is 5.66. The molecular formula is C13H25N3O2. The Labute approximate surface area is 109 Å². The van der Waals surface area contributed by atoms with Crippen molar-refractivity contribution in [3.63, 3.8) is 0 Å². The monoisotopic (exact) mass is 255 g/mol. The van der Waals surface area contributed by atoms with Crippen molar-refractivity contribution in [2.75, 3.05) is 13.7 Å². The second kappa shape index (κ2) is 5.80. The summed E-state index contributed by atoms with van der Waals surface area (Å²) >= 11 is 0. The molecule has 1 unspecified atom stereocenters. The van der Waals surface area contributed by atoms with E-state index in [1.807, 2.05) is 13.8 Å². The van der Waals surface area contributed by atoms with Gasteiger partial charge in [-0.25, -0.2) is 0 Å². The van der Waals surface area contributed by atoms with Crippen LogP contribution in [0.4, 0.5) is 0 Å². The zero-order chi connectivity index (χ0) is 13.8. The lowest BCUT2D eigenvalue weighted by Crippen LogP contribution is -2.37. The molecule has 0 saturated heterocycles. The van der Waals surface area contributed by atoms with Crippen molar-refractivity contribution in [3.05, 3.63) is 11.8 Å². The number of aromatic nitrogens is 2. The molecule has 0 spiro atoms. The van der Waals surface area contributed by atoms with Gasteiger partial charge in [0.1, 0.15) is 5.60 Å². The van der Waals surface area contributed by atoms with E-state index in [0.29, 0.717) is 11.8 Å². The van der Waals surface area contributed by atoms with Gasteiger partial charge in [0.25, 0.3) is 0 Å². The summed E-state index contributed by atoms with van der Waals surface area (Å²) in [4.78, 5) is 0. The molecule has 1 heterocycles. The van der Waals surface area contributed by atoms with Gasteiger partial charge >= 0.3 is 0 Å². The molecule has 0 aliphatic rings. The molecule has 0 saturated carbocycles. The van der Waals surface area contributed by atoms with Gasteiger partial charge in [-0.15, -0.1) is 10.2 Å². The van der Waals surface area contributed by atoms with Crippen molar-refractivity contribution in [2.24, 2.45) is 0 Å². The largest absolute Gasteiger partial charge is 0.422 e. The van der Waals surface area contributed by atoms with Crippen molar-refractivity contribution in [1.82, 2.24) is 15.5 Å². The van der Waals surface area contributed by atoms with E-state index >= 15 is 0 Å². The first-order valence-corrected chi connectivity index (χ1v) is 6.44. The minimum absolute atomic E-state index is 0.104. The third-order valence-corrected chi connectivity index (χ3v) is 3.04. The smallest absolute Gasteiger partial charge is 0.247 e. The zero-order valence-corrected chi connectivity index (χ0v) is 12.3. The second-order valence-electron chi connectivity index (χ2n) is 5.72. The SMILES string of the molecule is CCC(C)(OC)c1nnc(CCNC(C)(C)C)o1. The lowest BCUT2D eigenvalue weighted by atomic mass is 10.0. The van der Waals surface area contributed by atoms with Crippen LogP contribution in [0.25, 0.3) is 0 Å². The molecule has 5 nitrogen and oxygen atoms in total. The molecule has 1 aromatic heterocycles. The van der Waals surface area contributed by atoms with E-state index in [4.69, 9.17) is 9.15 Å². The molecule has 0 bridgehead atoms. The van der Waals surface area contributed by atoms with Gasteiger partial charge in [-0.2, -0.15) is 0 Å². The van der Waals surface area contributed by atoms with Crippen molar-refractivity contribution in [2.45, 2.75) is 58.6 Å². The van der Waals surface area contributed by atoms with Gasteiger partial charge in [0, 0.05) is 25.6 Å². The van der Waals surface area contributed by atoms with Crippen LogP contribution in [0.15, 0.2) is 4.42 Å². The summed E-state index contributed by atoms with van der Waals surface area (Å²) in [5.74, 6) is 1.21. The average Bonchev–Trinajstić information content (AvgIpc) is 2.75. The minimum atomic E-state index is -0.483. The van der Waals surface area contributed by atoms with Crippen molar-refractivity contribution in [1.29, 1.82) is 0 Å². The molecule has 1 N–H and O–H groups in total. The van der Waals surface area contributed by atoms with E-state index in [0.717, 1.165) is 19.4 Å². The minimum Gasteiger partial charge on any atom is -0.422 e. The van der Waals surface area contributed by atoms with Gasteiger partial charge in [0.05, 0.1) is 0 Å². The molecule has 104 valence electrons. The molecule has 5 heteroatoms. The van der Waals surface area contributed by atoms with E-state index in [2.05, 4.69) is 36.3 Å². The highest BCUT2D eigenvalue weighted by atomic mass is 16.5. The molecule has 0 fully saturated rings. The van der Waals surface area contributed by atoms with Gasteiger partial charge in [0.15, 0.2) is 0 Å². The molecule has 0 radical (unpaired) electrons. The average molecular weight is 255 g/mol. The zero-order valence-electron chi connectivity index (χ0n) is 12.3. The summed E-state index contributed by atoms with van der Waals surface area (Å²) in [7, 11) is 1.66. The highest BCUT2D eigenvalue weighted by molar-refractivity contribution is 4.95. The van der Waals surface area contributed by atoms with E-state index in [9.17, 15) is 0 Å². The van der Waals surface area contributed by atoms with Crippen LogP contribution in [0, 0.1) is 0 Å². The second-order valence-corrected chi connectivity index (χ2v) is 5.72. The molecule has 1 aromatic rings. The van der Waals surface area contributed by atoms with E-state index in [-0.39, 0.29) is 5.54 Å². The predicted molar refractivity (Wildman–Crippen MR) is 70.4 cm³/mol. The normalized spacial score (nSPS) is 15.7. The van der Waals surface area contributed by atoms with Crippen molar-refractivity contribution >= 4 is 0 Å². The van der Waals surface area contributed by atoms with Crippen LogP contribution in [0.1, 0.15) is 52.8 Å². The first kappa shape index (κ1) is 15.1. The number of nitrogens with zero attached hydrogens (tertiary/aromatic N) is 2. The van der Waals surface area contributed by atoms with Crippen LogP contribution in [-0.2, 0) is 16.8 Å². The molecule has 18 heavy (non-hydrogen) atoms. The van der Waals surface area contributed by atoms with Crippen LogP contribution in [-0.4, -0.2) is 29.4 Å². The lowest BCUT2D eigenvalue weighted by molar-refractivity contribution is -0.0242. The Balaban J connectivity index is 2.59. The molecule has 1 rings (SSSR count). The van der Waals surface area contributed by atoms with Gasteiger partial charge in [0.2, 0.25) is 11.8 Å². The number of hydrogen-bond donors (Lipinski definition) is 1. The number of ether oxygens (including phenoxy) is 1. The molecule has 0 amide bonds. The highest BCUT2D eigenvalue weighted by Crippen LogP contribution is 2.26. The summed E-state index contributed by atoms with van der Waals surface area (Å²) in [5.41, 5.74) is -0.379. The fraction of sp³-hybridized carbons (Fsp3) is 0.846. The van der Waals surface area contributed by atoms with Crippen LogP contribution < -0.4 is 5.32 Å². The van der Waals surface area contributed by atoms with Crippen LogP contribution >= 0.6 is 0 Å². The van der Waals surface area contributed by atoms with E-state index in [1.165, 1.54) is 0 Å². The molecule has 0 aliphatic heterocycles. The predicted octanol–water partition coefficient (Wildman–Crippen LogP) is 2.27. The maximum Gasteiger partial charge on any atom is 0.247 e. The molecule has 0 aliphatic carbocycles.